The number of anilines is 3. The molecule has 35 heavy (non-hydrogen) atoms. The van der Waals surface area contributed by atoms with Crippen molar-refractivity contribution in [2.24, 2.45) is 0 Å². The second-order valence-electron chi connectivity index (χ2n) is 8.88. The number of benzene rings is 3. The van der Waals surface area contributed by atoms with E-state index in [0.29, 0.717) is 22.9 Å². The second-order valence-corrected chi connectivity index (χ2v) is 8.88. The van der Waals surface area contributed by atoms with E-state index in [1.54, 1.807) is 30.2 Å². The van der Waals surface area contributed by atoms with E-state index in [0.717, 1.165) is 22.4 Å². The molecule has 3 aromatic rings. The monoisotopic (exact) mass is 473 g/mol. The zero-order valence-electron chi connectivity index (χ0n) is 21.0. The third kappa shape index (κ3) is 4.54. The number of hydrogen-bond donors (Lipinski definition) is 0. The summed E-state index contributed by atoms with van der Waals surface area (Å²) in [6.07, 6.45) is 0. The van der Waals surface area contributed by atoms with Crippen LogP contribution in [0.2, 0.25) is 0 Å². The van der Waals surface area contributed by atoms with Gasteiger partial charge in [0.15, 0.2) is 0 Å². The fourth-order valence-electron chi connectivity index (χ4n) is 4.32. The van der Waals surface area contributed by atoms with Gasteiger partial charge in [-0.05, 0) is 66.9 Å². The van der Waals surface area contributed by atoms with Crippen LogP contribution >= 0.6 is 0 Å². The first-order valence-corrected chi connectivity index (χ1v) is 11.4. The molecule has 1 aliphatic rings. The first kappa shape index (κ1) is 24.1. The van der Waals surface area contributed by atoms with Crippen LogP contribution in [0.5, 0.6) is 11.5 Å². The Morgan fingerprint density at radius 2 is 1.57 bits per heavy atom. The maximum atomic E-state index is 14.1. The molecule has 2 amide bonds. The van der Waals surface area contributed by atoms with Gasteiger partial charge in [-0.2, -0.15) is 0 Å². The molecule has 1 heterocycles. The number of hydrogen-bond acceptors (Lipinski definition) is 5. The molecule has 0 aromatic heterocycles. The Kier molecular flexibility index (Phi) is 6.69. The van der Waals surface area contributed by atoms with Crippen LogP contribution in [0, 0.1) is 13.8 Å². The molecule has 0 bridgehead atoms. The van der Waals surface area contributed by atoms with Gasteiger partial charge in [-0.3, -0.25) is 19.4 Å². The van der Waals surface area contributed by atoms with Gasteiger partial charge in [-0.25, -0.2) is 0 Å². The molecule has 1 atom stereocenters. The molecule has 0 saturated carbocycles. The number of carbonyl (C=O) groups excluding carboxylic acids is 2. The number of carbonyl (C=O) groups is 2. The van der Waals surface area contributed by atoms with Crippen LogP contribution in [0.25, 0.3) is 0 Å². The molecule has 4 rings (SSSR count). The lowest BCUT2D eigenvalue weighted by Gasteiger charge is -2.41. The van der Waals surface area contributed by atoms with Gasteiger partial charge in [0, 0.05) is 31.5 Å². The van der Waals surface area contributed by atoms with E-state index in [-0.39, 0.29) is 18.4 Å². The molecule has 1 saturated heterocycles. The van der Waals surface area contributed by atoms with E-state index in [1.807, 2.05) is 75.3 Å². The lowest BCUT2D eigenvalue weighted by Crippen LogP contribution is -2.56. The smallest absolute Gasteiger partial charge is 0.255 e. The third-order valence-corrected chi connectivity index (χ3v) is 6.49. The maximum Gasteiger partial charge on any atom is 0.255 e. The average Bonchev–Trinajstić information content (AvgIpc) is 2.86. The number of nitrogens with zero attached hydrogens (tertiary/aromatic N) is 3. The van der Waals surface area contributed by atoms with Crippen molar-refractivity contribution in [3.8, 4) is 11.5 Å². The first-order valence-electron chi connectivity index (χ1n) is 11.4. The van der Waals surface area contributed by atoms with Gasteiger partial charge in [0.25, 0.3) is 5.91 Å². The van der Waals surface area contributed by atoms with Crippen molar-refractivity contribution in [1.29, 1.82) is 0 Å². The number of amides is 2. The van der Waals surface area contributed by atoms with Gasteiger partial charge in [0.2, 0.25) is 5.91 Å². The second kappa shape index (κ2) is 9.70. The minimum atomic E-state index is -0.818. The molecule has 3 aromatic carbocycles. The number of ether oxygens (including phenoxy) is 2. The molecule has 0 N–H and O–H groups in total. The summed E-state index contributed by atoms with van der Waals surface area (Å²) in [5.41, 5.74) is 5.17. The highest BCUT2D eigenvalue weighted by molar-refractivity contribution is 6.15. The van der Waals surface area contributed by atoms with Crippen molar-refractivity contribution in [1.82, 2.24) is 0 Å². The van der Waals surface area contributed by atoms with E-state index in [9.17, 15) is 9.59 Å². The Hall–Kier alpha value is -4.00. The Balaban J connectivity index is 1.83. The number of methoxy groups -OCH3 is 2. The molecule has 0 radical (unpaired) electrons. The van der Waals surface area contributed by atoms with E-state index >= 15 is 0 Å². The average molecular weight is 474 g/mol. The van der Waals surface area contributed by atoms with Gasteiger partial charge in [0.05, 0.1) is 19.9 Å². The summed E-state index contributed by atoms with van der Waals surface area (Å²) in [4.78, 5) is 32.9. The molecule has 7 heteroatoms. The van der Waals surface area contributed by atoms with Crippen molar-refractivity contribution in [3.63, 3.8) is 0 Å². The molecular weight excluding hydrogens is 442 g/mol. The predicted octanol–water partition coefficient (Wildman–Crippen LogP) is 4.51. The van der Waals surface area contributed by atoms with Crippen molar-refractivity contribution < 1.29 is 19.1 Å². The summed E-state index contributed by atoms with van der Waals surface area (Å²) in [6, 6.07) is 18.0. The quantitative estimate of drug-likeness (QED) is 0.527. The standard InChI is InChI=1S/C28H31N3O4/c1-18-7-10-22(15-19(18)2)31-26(32)17-30(24-14-13-23(34-5)16-25(24)35-6)28(33)27(31)20-8-11-21(12-9-20)29(3)4/h7-16,27H,17H2,1-6H3/t27-/m1/s1. The lowest BCUT2D eigenvalue weighted by molar-refractivity contribution is -0.128. The number of piperazine rings is 1. The molecule has 7 nitrogen and oxygen atoms in total. The van der Waals surface area contributed by atoms with Crippen LogP contribution in [0.3, 0.4) is 0 Å². The van der Waals surface area contributed by atoms with Crippen LogP contribution in [-0.4, -0.2) is 46.7 Å². The molecule has 1 fully saturated rings. The van der Waals surface area contributed by atoms with Crippen LogP contribution < -0.4 is 24.2 Å². The number of aryl methyl sites for hydroxylation is 2. The summed E-state index contributed by atoms with van der Waals surface area (Å²) in [7, 11) is 7.03. The molecule has 0 aliphatic carbocycles. The highest BCUT2D eigenvalue weighted by atomic mass is 16.5. The summed E-state index contributed by atoms with van der Waals surface area (Å²) in [5, 5.41) is 0. The van der Waals surface area contributed by atoms with Gasteiger partial charge in [-0.15, -0.1) is 0 Å². The Bertz CT molecular complexity index is 1250. The largest absolute Gasteiger partial charge is 0.497 e. The van der Waals surface area contributed by atoms with Crippen molar-refractivity contribution in [3.05, 3.63) is 77.4 Å². The van der Waals surface area contributed by atoms with Crippen LogP contribution in [0.4, 0.5) is 17.1 Å². The highest BCUT2D eigenvalue weighted by Gasteiger charge is 2.42. The maximum absolute atomic E-state index is 14.1. The van der Waals surface area contributed by atoms with Gasteiger partial charge in [-0.1, -0.05) is 18.2 Å². The molecule has 1 aliphatic heterocycles. The Morgan fingerprint density at radius 3 is 2.17 bits per heavy atom. The minimum Gasteiger partial charge on any atom is -0.497 e. The minimum absolute atomic E-state index is 0.0965. The zero-order chi connectivity index (χ0) is 25.3. The van der Waals surface area contributed by atoms with Gasteiger partial charge in [0.1, 0.15) is 24.1 Å². The zero-order valence-corrected chi connectivity index (χ0v) is 21.0. The highest BCUT2D eigenvalue weighted by Crippen LogP contribution is 2.39. The number of rotatable bonds is 6. The normalized spacial score (nSPS) is 15.9. The van der Waals surface area contributed by atoms with E-state index < -0.39 is 6.04 Å². The van der Waals surface area contributed by atoms with Crippen molar-refractivity contribution >= 4 is 28.9 Å². The van der Waals surface area contributed by atoms with E-state index in [4.69, 9.17) is 9.47 Å². The van der Waals surface area contributed by atoms with E-state index in [2.05, 4.69) is 0 Å². The van der Waals surface area contributed by atoms with E-state index in [1.165, 1.54) is 12.0 Å². The molecule has 0 unspecified atom stereocenters. The van der Waals surface area contributed by atoms with Crippen LogP contribution in [0.1, 0.15) is 22.7 Å². The first-order chi connectivity index (χ1) is 16.7. The Labute approximate surface area is 206 Å². The van der Waals surface area contributed by atoms with Crippen molar-refractivity contribution in [2.45, 2.75) is 19.9 Å². The predicted molar refractivity (Wildman–Crippen MR) is 139 cm³/mol. The molecule has 182 valence electrons. The van der Waals surface area contributed by atoms with Gasteiger partial charge < -0.3 is 14.4 Å². The SMILES string of the molecule is COc1ccc(N2CC(=O)N(c3ccc(C)c(C)c3)[C@H](c3ccc(N(C)C)cc3)C2=O)c(OC)c1. The lowest BCUT2D eigenvalue weighted by atomic mass is 9.98. The van der Waals surface area contributed by atoms with Crippen LogP contribution in [-0.2, 0) is 9.59 Å². The summed E-state index contributed by atoms with van der Waals surface area (Å²) < 4.78 is 10.8. The summed E-state index contributed by atoms with van der Waals surface area (Å²) in [5.74, 6) is 0.692. The fraction of sp³-hybridized carbons (Fsp3) is 0.286. The topological polar surface area (TPSA) is 62.3 Å². The fourth-order valence-corrected chi connectivity index (χ4v) is 4.32. The Morgan fingerprint density at radius 1 is 0.857 bits per heavy atom. The molecular formula is C28H31N3O4. The molecule has 0 spiro atoms. The summed E-state index contributed by atoms with van der Waals surface area (Å²) >= 11 is 0. The van der Waals surface area contributed by atoms with Crippen LogP contribution in [0.15, 0.2) is 60.7 Å². The van der Waals surface area contributed by atoms with Crippen molar-refractivity contribution in [2.75, 3.05) is 49.6 Å². The third-order valence-electron chi connectivity index (χ3n) is 6.49. The summed E-state index contributed by atoms with van der Waals surface area (Å²) in [6.45, 7) is 3.93. The van der Waals surface area contributed by atoms with Gasteiger partial charge >= 0.3 is 0 Å².